The molecule has 0 saturated heterocycles. The molecule has 1 unspecified atom stereocenters. The maximum Gasteiger partial charge on any atom is 0.126 e. The lowest BCUT2D eigenvalue weighted by Crippen LogP contribution is -2.21. The molecule has 0 bridgehead atoms. The number of methoxy groups -OCH3 is 1. The largest absolute Gasteiger partial charge is 0.496 e. The van der Waals surface area contributed by atoms with Gasteiger partial charge in [-0.25, -0.2) is 0 Å². The summed E-state index contributed by atoms with van der Waals surface area (Å²) in [4.78, 5) is 0. The maximum atomic E-state index is 5.66. The fourth-order valence-electron chi connectivity index (χ4n) is 2.97. The summed E-state index contributed by atoms with van der Waals surface area (Å²) in [5, 5.41) is 4.33. The zero-order valence-corrected chi connectivity index (χ0v) is 14.0. The number of hydrogen-bond donors (Lipinski definition) is 1. The Kier molecular flexibility index (Phi) is 5.79. The smallest absolute Gasteiger partial charge is 0.126 e. The fourth-order valence-corrected chi connectivity index (χ4v) is 4.45. The van der Waals surface area contributed by atoms with Gasteiger partial charge in [-0.15, -0.1) is 0 Å². The molecule has 1 aromatic rings. The zero-order valence-electron chi connectivity index (χ0n) is 13.2. The maximum absolute atomic E-state index is 5.66. The summed E-state index contributed by atoms with van der Waals surface area (Å²) in [6.45, 7) is 4.29. The molecule has 1 aliphatic carbocycles. The highest BCUT2D eigenvalue weighted by atomic mass is 32.2. The fraction of sp³-hybridized carbons (Fsp3) is 0.647. The average molecular weight is 293 g/mol. The number of benzene rings is 1. The summed E-state index contributed by atoms with van der Waals surface area (Å²) < 4.78 is 5.66. The van der Waals surface area contributed by atoms with E-state index in [1.54, 1.807) is 7.11 Å². The number of ether oxygens (including phenoxy) is 1. The van der Waals surface area contributed by atoms with E-state index in [4.69, 9.17) is 4.74 Å². The van der Waals surface area contributed by atoms with Gasteiger partial charge in [0.25, 0.3) is 0 Å². The molecule has 20 heavy (non-hydrogen) atoms. The van der Waals surface area contributed by atoms with E-state index in [1.165, 1.54) is 42.4 Å². The Hall–Kier alpha value is -0.670. The van der Waals surface area contributed by atoms with Gasteiger partial charge in [0, 0.05) is 22.6 Å². The first-order valence-corrected chi connectivity index (χ1v) is 8.65. The second-order valence-corrected chi connectivity index (χ2v) is 7.04. The third-order valence-electron chi connectivity index (χ3n) is 4.44. The lowest BCUT2D eigenvalue weighted by molar-refractivity contribution is 0.400. The molecule has 2 nitrogen and oxygen atoms in total. The van der Waals surface area contributed by atoms with Crippen LogP contribution in [0.3, 0.4) is 0 Å². The minimum atomic E-state index is 0.370. The summed E-state index contributed by atoms with van der Waals surface area (Å²) in [5.74, 6) is 2.18. The number of aryl methyl sites for hydroxylation is 1. The molecular weight excluding hydrogens is 266 g/mol. The lowest BCUT2D eigenvalue weighted by Gasteiger charge is -2.22. The van der Waals surface area contributed by atoms with Gasteiger partial charge in [0.1, 0.15) is 5.75 Å². The predicted molar refractivity (Wildman–Crippen MR) is 89.0 cm³/mol. The number of thioether (sulfide) groups is 1. The molecule has 0 heterocycles. The molecule has 0 amide bonds. The van der Waals surface area contributed by atoms with Gasteiger partial charge in [0.05, 0.1) is 7.11 Å². The quantitative estimate of drug-likeness (QED) is 0.847. The van der Waals surface area contributed by atoms with E-state index >= 15 is 0 Å². The molecule has 1 saturated carbocycles. The number of hydrogen-bond acceptors (Lipinski definition) is 3. The van der Waals surface area contributed by atoms with Crippen molar-refractivity contribution in [2.24, 2.45) is 0 Å². The van der Waals surface area contributed by atoms with Crippen LogP contribution in [0.5, 0.6) is 5.75 Å². The van der Waals surface area contributed by atoms with Crippen LogP contribution in [0, 0.1) is 13.8 Å². The molecule has 1 fully saturated rings. The van der Waals surface area contributed by atoms with Crippen molar-refractivity contribution >= 4 is 11.8 Å². The van der Waals surface area contributed by atoms with E-state index in [-0.39, 0.29) is 0 Å². The van der Waals surface area contributed by atoms with E-state index in [2.05, 4.69) is 50.1 Å². The first kappa shape index (κ1) is 15.7. The first-order chi connectivity index (χ1) is 9.67. The summed E-state index contributed by atoms with van der Waals surface area (Å²) in [5.41, 5.74) is 3.85. The minimum absolute atomic E-state index is 0.370. The zero-order chi connectivity index (χ0) is 14.5. The highest BCUT2D eigenvalue weighted by Crippen LogP contribution is 2.35. The highest BCUT2D eigenvalue weighted by molar-refractivity contribution is 7.99. The molecule has 2 rings (SSSR count). The van der Waals surface area contributed by atoms with Crippen LogP contribution in [0.15, 0.2) is 12.1 Å². The van der Waals surface area contributed by atoms with Crippen molar-refractivity contribution < 1.29 is 4.74 Å². The Bertz CT molecular complexity index is 441. The Morgan fingerprint density at radius 1 is 1.30 bits per heavy atom. The van der Waals surface area contributed by atoms with Crippen molar-refractivity contribution in [1.29, 1.82) is 0 Å². The Morgan fingerprint density at radius 3 is 2.60 bits per heavy atom. The summed E-state index contributed by atoms with van der Waals surface area (Å²) in [6, 6.07) is 4.80. The number of nitrogens with one attached hydrogen (secondary N) is 1. The third kappa shape index (κ3) is 3.50. The SMILES string of the molecule is CNC(CSC1CCCC1)c1ccc(C)c(C)c1OC. The van der Waals surface area contributed by atoms with Crippen molar-refractivity contribution in [2.45, 2.75) is 50.8 Å². The molecule has 1 aromatic carbocycles. The molecule has 0 aromatic heterocycles. The second-order valence-electron chi connectivity index (χ2n) is 5.71. The van der Waals surface area contributed by atoms with Crippen LogP contribution in [-0.4, -0.2) is 25.2 Å². The standard InChI is InChI=1S/C17H27NOS/c1-12-9-10-15(17(19-4)13(12)2)16(18-3)11-20-14-7-5-6-8-14/h9-10,14,16,18H,5-8,11H2,1-4H3. The van der Waals surface area contributed by atoms with Crippen LogP contribution in [-0.2, 0) is 0 Å². The Morgan fingerprint density at radius 2 is 2.00 bits per heavy atom. The van der Waals surface area contributed by atoms with Gasteiger partial charge in [-0.2, -0.15) is 11.8 Å². The van der Waals surface area contributed by atoms with Crippen molar-refractivity contribution in [3.63, 3.8) is 0 Å². The molecule has 3 heteroatoms. The third-order valence-corrected chi connectivity index (χ3v) is 5.90. The van der Waals surface area contributed by atoms with Gasteiger partial charge in [0.2, 0.25) is 0 Å². The van der Waals surface area contributed by atoms with Crippen molar-refractivity contribution in [3.05, 3.63) is 28.8 Å². The van der Waals surface area contributed by atoms with Crippen LogP contribution in [0.4, 0.5) is 0 Å². The minimum Gasteiger partial charge on any atom is -0.496 e. The van der Waals surface area contributed by atoms with Gasteiger partial charge in [0.15, 0.2) is 0 Å². The van der Waals surface area contributed by atoms with E-state index in [0.29, 0.717) is 6.04 Å². The number of rotatable bonds is 6. The highest BCUT2D eigenvalue weighted by Gasteiger charge is 2.21. The molecule has 1 atom stereocenters. The molecular formula is C17H27NOS. The Labute approximate surface area is 127 Å². The van der Waals surface area contributed by atoms with Crippen LogP contribution in [0.2, 0.25) is 0 Å². The van der Waals surface area contributed by atoms with E-state index in [1.807, 2.05) is 0 Å². The van der Waals surface area contributed by atoms with Crippen molar-refractivity contribution in [1.82, 2.24) is 5.32 Å². The molecule has 1 aliphatic rings. The average Bonchev–Trinajstić information content (AvgIpc) is 2.96. The van der Waals surface area contributed by atoms with E-state index in [9.17, 15) is 0 Å². The molecule has 0 radical (unpaired) electrons. The summed E-state index contributed by atoms with van der Waals surface area (Å²) in [6.07, 6.45) is 5.61. The molecule has 0 spiro atoms. The van der Waals surface area contributed by atoms with Crippen molar-refractivity contribution in [2.75, 3.05) is 19.9 Å². The molecule has 1 N–H and O–H groups in total. The molecule has 112 valence electrons. The van der Waals surface area contributed by atoms with E-state index in [0.717, 1.165) is 16.8 Å². The first-order valence-electron chi connectivity index (χ1n) is 7.60. The van der Waals surface area contributed by atoms with E-state index < -0.39 is 0 Å². The van der Waals surface area contributed by atoms with Crippen LogP contribution in [0.25, 0.3) is 0 Å². The van der Waals surface area contributed by atoms with Crippen molar-refractivity contribution in [3.8, 4) is 5.75 Å². The van der Waals surface area contributed by atoms with Gasteiger partial charge in [-0.05, 0) is 44.9 Å². The summed E-state index contributed by atoms with van der Waals surface area (Å²) in [7, 11) is 3.83. The van der Waals surface area contributed by atoms with Gasteiger partial charge in [-0.1, -0.05) is 25.0 Å². The summed E-state index contributed by atoms with van der Waals surface area (Å²) >= 11 is 2.12. The van der Waals surface area contributed by atoms with Gasteiger partial charge < -0.3 is 10.1 Å². The normalized spacial score (nSPS) is 17.4. The van der Waals surface area contributed by atoms with Crippen LogP contribution in [0.1, 0.15) is 48.4 Å². The second kappa shape index (κ2) is 7.37. The van der Waals surface area contributed by atoms with Gasteiger partial charge >= 0.3 is 0 Å². The monoisotopic (exact) mass is 293 g/mol. The lowest BCUT2D eigenvalue weighted by atomic mass is 10.00. The Balaban J connectivity index is 2.11. The molecule has 0 aliphatic heterocycles. The van der Waals surface area contributed by atoms with Gasteiger partial charge in [-0.3, -0.25) is 0 Å². The topological polar surface area (TPSA) is 21.3 Å². The van der Waals surface area contributed by atoms with Crippen LogP contribution >= 0.6 is 11.8 Å². The predicted octanol–water partition coefficient (Wildman–Crippen LogP) is 4.25. The van der Waals surface area contributed by atoms with Crippen LogP contribution < -0.4 is 10.1 Å².